The van der Waals surface area contributed by atoms with Crippen LogP contribution in [-0.2, 0) is 4.79 Å². The first-order valence-corrected chi connectivity index (χ1v) is 5.50. The van der Waals surface area contributed by atoms with Crippen LogP contribution in [0.5, 0.6) is 0 Å². The molecule has 0 spiro atoms. The van der Waals surface area contributed by atoms with Gasteiger partial charge in [0.05, 0.1) is 12.0 Å². The van der Waals surface area contributed by atoms with Gasteiger partial charge in [-0.05, 0) is 31.5 Å². The fourth-order valence-electron chi connectivity index (χ4n) is 1.30. The van der Waals surface area contributed by atoms with E-state index in [9.17, 15) is 4.79 Å². The molecule has 0 saturated heterocycles. The maximum Gasteiger partial charge on any atom is 0.310 e. The van der Waals surface area contributed by atoms with Gasteiger partial charge in [0.15, 0.2) is 0 Å². The van der Waals surface area contributed by atoms with Crippen molar-refractivity contribution >= 4 is 5.97 Å². The molecule has 0 saturated carbocycles. The van der Waals surface area contributed by atoms with E-state index in [0.717, 1.165) is 11.1 Å². The third-order valence-corrected chi connectivity index (χ3v) is 2.41. The molecule has 1 aromatic carbocycles. The smallest absolute Gasteiger partial charge is 0.310 e. The first-order valence-electron chi connectivity index (χ1n) is 5.50. The van der Waals surface area contributed by atoms with Crippen molar-refractivity contribution in [3.05, 3.63) is 35.4 Å². The highest BCUT2D eigenvalue weighted by atomic mass is 16.4. The van der Waals surface area contributed by atoms with E-state index < -0.39 is 18.0 Å². The Balaban J connectivity index is 2.73. The molecule has 0 fully saturated rings. The second-order valence-electron chi connectivity index (χ2n) is 4.04. The van der Waals surface area contributed by atoms with Crippen molar-refractivity contribution in [1.29, 1.82) is 0 Å². The molecule has 0 aromatic heterocycles. The lowest BCUT2D eigenvalue weighted by Crippen LogP contribution is -2.06. The van der Waals surface area contributed by atoms with Crippen molar-refractivity contribution < 1.29 is 15.0 Å². The average Bonchev–Trinajstić information content (AvgIpc) is 2.28. The normalized spacial score (nSPS) is 13.4. The third kappa shape index (κ3) is 4.29. The summed E-state index contributed by atoms with van der Waals surface area (Å²) in [5.41, 5.74) is 1.59. The van der Waals surface area contributed by atoms with Gasteiger partial charge in [-0.25, -0.2) is 0 Å². The van der Waals surface area contributed by atoms with Gasteiger partial charge in [0.25, 0.3) is 0 Å². The molecule has 2 N–H and O–H groups in total. The fraction of sp³-hybridized carbons (Fsp3) is 0.357. The van der Waals surface area contributed by atoms with Crippen molar-refractivity contribution in [2.24, 2.45) is 0 Å². The number of aliphatic hydroxyl groups is 1. The predicted molar refractivity (Wildman–Crippen MR) is 65.7 cm³/mol. The van der Waals surface area contributed by atoms with Crippen LogP contribution in [0.3, 0.4) is 0 Å². The lowest BCUT2D eigenvalue weighted by Gasteiger charge is -2.05. The van der Waals surface area contributed by atoms with Crippen molar-refractivity contribution in [2.45, 2.75) is 32.3 Å². The molecule has 0 amide bonds. The minimum Gasteiger partial charge on any atom is -0.481 e. The molecule has 2 atom stereocenters. The summed E-state index contributed by atoms with van der Waals surface area (Å²) in [5.74, 6) is 4.43. The van der Waals surface area contributed by atoms with E-state index in [1.165, 1.54) is 0 Å². The Morgan fingerprint density at radius 2 is 1.88 bits per heavy atom. The highest BCUT2D eigenvalue weighted by Crippen LogP contribution is 2.15. The number of carboxylic acids is 1. The summed E-state index contributed by atoms with van der Waals surface area (Å²) in [7, 11) is 0. The molecule has 0 aliphatic rings. The van der Waals surface area contributed by atoms with Crippen LogP contribution in [0.4, 0.5) is 0 Å². The van der Waals surface area contributed by atoms with Crippen LogP contribution in [0.1, 0.15) is 37.3 Å². The van der Waals surface area contributed by atoms with Gasteiger partial charge in [0.2, 0.25) is 0 Å². The van der Waals surface area contributed by atoms with E-state index in [4.69, 9.17) is 10.2 Å². The number of hydrogen-bond acceptors (Lipinski definition) is 2. The quantitative estimate of drug-likeness (QED) is 0.784. The van der Waals surface area contributed by atoms with Crippen LogP contribution in [0, 0.1) is 11.8 Å². The van der Waals surface area contributed by atoms with Gasteiger partial charge in [-0.3, -0.25) is 4.79 Å². The highest BCUT2D eigenvalue weighted by molar-refractivity contribution is 5.75. The van der Waals surface area contributed by atoms with Crippen LogP contribution in [0.25, 0.3) is 0 Å². The molecule has 0 aliphatic heterocycles. The maximum absolute atomic E-state index is 10.8. The number of carboxylic acid groups (broad SMARTS) is 1. The summed E-state index contributed by atoms with van der Waals surface area (Å²) in [4.78, 5) is 10.8. The van der Waals surface area contributed by atoms with E-state index in [1.54, 1.807) is 38.1 Å². The minimum atomic E-state index is -0.835. The summed E-state index contributed by atoms with van der Waals surface area (Å²) < 4.78 is 0. The standard InChI is InChI=1S/C14H16O3/c1-10(15)4-3-5-12-6-8-13(9-7-12)11(2)14(16)17/h6-11,15H,4H2,1-2H3,(H,16,17). The molecule has 3 heteroatoms. The van der Waals surface area contributed by atoms with Crippen molar-refractivity contribution in [3.63, 3.8) is 0 Å². The van der Waals surface area contributed by atoms with E-state index in [1.807, 2.05) is 0 Å². The molecular formula is C14H16O3. The highest BCUT2D eigenvalue weighted by Gasteiger charge is 2.12. The first-order chi connectivity index (χ1) is 8.00. The maximum atomic E-state index is 10.8. The van der Waals surface area contributed by atoms with Crippen LogP contribution < -0.4 is 0 Å². The molecule has 17 heavy (non-hydrogen) atoms. The molecule has 90 valence electrons. The molecule has 0 aliphatic carbocycles. The fourth-order valence-corrected chi connectivity index (χ4v) is 1.30. The number of rotatable bonds is 3. The Morgan fingerprint density at radius 1 is 1.29 bits per heavy atom. The molecule has 3 nitrogen and oxygen atoms in total. The second-order valence-corrected chi connectivity index (χ2v) is 4.04. The van der Waals surface area contributed by atoms with Crippen LogP contribution in [0.2, 0.25) is 0 Å². The Kier molecular flexibility index (Phi) is 4.74. The topological polar surface area (TPSA) is 57.5 Å². The van der Waals surface area contributed by atoms with E-state index in [0.29, 0.717) is 6.42 Å². The summed E-state index contributed by atoms with van der Waals surface area (Å²) in [5, 5.41) is 17.9. The molecule has 0 bridgehead atoms. The monoisotopic (exact) mass is 232 g/mol. The number of carbonyl (C=O) groups is 1. The van der Waals surface area contributed by atoms with Crippen LogP contribution in [-0.4, -0.2) is 22.3 Å². The van der Waals surface area contributed by atoms with Gasteiger partial charge < -0.3 is 10.2 Å². The lowest BCUT2D eigenvalue weighted by molar-refractivity contribution is -0.138. The van der Waals surface area contributed by atoms with Gasteiger partial charge in [-0.1, -0.05) is 24.0 Å². The third-order valence-electron chi connectivity index (χ3n) is 2.41. The molecule has 2 unspecified atom stereocenters. The van der Waals surface area contributed by atoms with Gasteiger partial charge in [0, 0.05) is 12.0 Å². The zero-order valence-corrected chi connectivity index (χ0v) is 9.97. The minimum absolute atomic E-state index is 0.422. The van der Waals surface area contributed by atoms with E-state index in [-0.39, 0.29) is 0 Å². The lowest BCUT2D eigenvalue weighted by atomic mass is 10.0. The predicted octanol–water partition coefficient (Wildman–Crippen LogP) is 2.00. The zero-order valence-electron chi connectivity index (χ0n) is 9.97. The van der Waals surface area contributed by atoms with Gasteiger partial charge in [-0.15, -0.1) is 0 Å². The number of aliphatic hydroxyl groups excluding tert-OH is 1. The Labute approximate surface area is 101 Å². The zero-order chi connectivity index (χ0) is 12.8. The van der Waals surface area contributed by atoms with E-state index >= 15 is 0 Å². The number of benzene rings is 1. The molecular weight excluding hydrogens is 216 g/mol. The molecule has 0 radical (unpaired) electrons. The molecule has 0 heterocycles. The Morgan fingerprint density at radius 3 is 2.35 bits per heavy atom. The molecule has 1 aromatic rings. The Bertz CT molecular complexity index is 435. The van der Waals surface area contributed by atoms with Crippen molar-refractivity contribution in [2.75, 3.05) is 0 Å². The molecule has 1 rings (SSSR count). The second kappa shape index (κ2) is 6.07. The summed E-state index contributed by atoms with van der Waals surface area (Å²) >= 11 is 0. The number of hydrogen-bond donors (Lipinski definition) is 2. The largest absolute Gasteiger partial charge is 0.481 e. The first kappa shape index (κ1) is 13.3. The SMILES string of the molecule is CC(O)CC#Cc1ccc(C(C)C(=O)O)cc1. The van der Waals surface area contributed by atoms with Crippen molar-refractivity contribution in [1.82, 2.24) is 0 Å². The summed E-state index contributed by atoms with van der Waals surface area (Å²) in [6.07, 6.45) is 0.0154. The summed E-state index contributed by atoms with van der Waals surface area (Å²) in [6, 6.07) is 7.13. The van der Waals surface area contributed by atoms with Gasteiger partial charge in [-0.2, -0.15) is 0 Å². The van der Waals surface area contributed by atoms with Gasteiger partial charge >= 0.3 is 5.97 Å². The average molecular weight is 232 g/mol. The van der Waals surface area contributed by atoms with Gasteiger partial charge in [0.1, 0.15) is 0 Å². The van der Waals surface area contributed by atoms with Crippen molar-refractivity contribution in [3.8, 4) is 11.8 Å². The van der Waals surface area contributed by atoms with Crippen LogP contribution >= 0.6 is 0 Å². The van der Waals surface area contributed by atoms with Crippen LogP contribution in [0.15, 0.2) is 24.3 Å². The summed E-state index contributed by atoms with van der Waals surface area (Å²) in [6.45, 7) is 3.34. The van der Waals surface area contributed by atoms with E-state index in [2.05, 4.69) is 11.8 Å². The number of aliphatic carboxylic acids is 1. The Hall–Kier alpha value is -1.79.